The summed E-state index contributed by atoms with van der Waals surface area (Å²) in [5, 5.41) is 12.1. The van der Waals surface area contributed by atoms with E-state index in [1.54, 1.807) is 0 Å². The van der Waals surface area contributed by atoms with E-state index in [-0.39, 0.29) is 6.04 Å². The zero-order chi connectivity index (χ0) is 11.1. The van der Waals surface area contributed by atoms with Crippen LogP contribution in [0.4, 0.5) is 0 Å². The second kappa shape index (κ2) is 7.12. The summed E-state index contributed by atoms with van der Waals surface area (Å²) in [6, 6.07) is -0.287. The van der Waals surface area contributed by atoms with Crippen molar-refractivity contribution < 1.29 is 9.90 Å². The normalized spacial score (nSPS) is 17.7. The second-order valence-electron chi connectivity index (χ2n) is 4.16. The van der Waals surface area contributed by atoms with Crippen LogP contribution >= 0.6 is 11.8 Å². The predicted molar refractivity (Wildman–Crippen MR) is 64.4 cm³/mol. The first kappa shape index (κ1) is 12.8. The van der Waals surface area contributed by atoms with Gasteiger partial charge in [-0.1, -0.05) is 6.42 Å². The zero-order valence-electron chi connectivity index (χ0n) is 9.37. The van der Waals surface area contributed by atoms with E-state index in [1.807, 2.05) is 11.8 Å². The van der Waals surface area contributed by atoms with Crippen LogP contribution < -0.4 is 5.32 Å². The van der Waals surface area contributed by atoms with Gasteiger partial charge in [-0.3, -0.25) is 4.79 Å². The van der Waals surface area contributed by atoms with Crippen LogP contribution in [0.25, 0.3) is 0 Å². The van der Waals surface area contributed by atoms with Crippen LogP contribution in [0, 0.1) is 5.92 Å². The third kappa shape index (κ3) is 5.42. The molecular formula is C11H21NO2S. The maximum atomic E-state index is 10.9. The molecule has 88 valence electrons. The van der Waals surface area contributed by atoms with Crippen molar-refractivity contribution >= 4 is 17.7 Å². The first-order chi connectivity index (χ1) is 7.25. The third-order valence-electron chi connectivity index (χ3n) is 2.75. The van der Waals surface area contributed by atoms with Crippen LogP contribution in [0.3, 0.4) is 0 Å². The molecule has 0 bridgehead atoms. The average Bonchev–Trinajstić information content (AvgIpc) is 3.00. The maximum absolute atomic E-state index is 10.9. The molecule has 0 radical (unpaired) electrons. The summed E-state index contributed by atoms with van der Waals surface area (Å²) in [4.78, 5) is 10.9. The number of carbonyl (C=O) groups is 1. The highest BCUT2D eigenvalue weighted by atomic mass is 32.2. The van der Waals surface area contributed by atoms with E-state index in [0.717, 1.165) is 25.8 Å². The highest BCUT2D eigenvalue weighted by Crippen LogP contribution is 2.32. The molecule has 1 aliphatic carbocycles. The van der Waals surface area contributed by atoms with Crippen LogP contribution in [0.2, 0.25) is 0 Å². The quantitative estimate of drug-likeness (QED) is 0.596. The topological polar surface area (TPSA) is 49.3 Å². The monoisotopic (exact) mass is 231 g/mol. The summed E-state index contributed by atoms with van der Waals surface area (Å²) in [6.45, 7) is 0.849. The van der Waals surface area contributed by atoms with E-state index >= 15 is 0 Å². The lowest BCUT2D eigenvalue weighted by atomic mass is 10.1. The molecule has 2 N–H and O–H groups in total. The van der Waals surface area contributed by atoms with Crippen molar-refractivity contribution in [3.8, 4) is 0 Å². The average molecular weight is 231 g/mol. The summed E-state index contributed by atoms with van der Waals surface area (Å²) >= 11 is 1.87. The molecule has 0 heterocycles. The van der Waals surface area contributed by atoms with Crippen molar-refractivity contribution in [3.05, 3.63) is 0 Å². The molecule has 1 fully saturated rings. The van der Waals surface area contributed by atoms with Gasteiger partial charge in [-0.2, -0.15) is 11.8 Å². The minimum absolute atomic E-state index is 0.287. The number of carboxylic acid groups (broad SMARTS) is 1. The number of aliphatic carboxylic acids is 1. The van der Waals surface area contributed by atoms with Crippen molar-refractivity contribution in [1.82, 2.24) is 5.32 Å². The number of carboxylic acids is 1. The minimum Gasteiger partial charge on any atom is -0.480 e. The van der Waals surface area contributed by atoms with Crippen LogP contribution in [-0.2, 0) is 4.79 Å². The number of rotatable bonds is 9. The molecule has 0 aliphatic heterocycles. The van der Waals surface area contributed by atoms with Gasteiger partial charge in [-0.05, 0) is 50.2 Å². The van der Waals surface area contributed by atoms with Gasteiger partial charge in [-0.15, -0.1) is 0 Å². The Bertz CT molecular complexity index is 195. The summed E-state index contributed by atoms with van der Waals surface area (Å²) < 4.78 is 0. The second-order valence-corrected chi connectivity index (χ2v) is 5.15. The summed E-state index contributed by atoms with van der Waals surface area (Å²) in [6.07, 6.45) is 7.81. The first-order valence-electron chi connectivity index (χ1n) is 5.71. The molecule has 1 atom stereocenters. The van der Waals surface area contributed by atoms with Crippen molar-refractivity contribution in [3.63, 3.8) is 0 Å². The lowest BCUT2D eigenvalue weighted by Crippen LogP contribution is -2.39. The van der Waals surface area contributed by atoms with E-state index in [2.05, 4.69) is 11.6 Å². The van der Waals surface area contributed by atoms with E-state index in [1.165, 1.54) is 18.6 Å². The lowest BCUT2D eigenvalue weighted by Gasteiger charge is -2.12. The Morgan fingerprint density at radius 2 is 2.20 bits per heavy atom. The molecule has 3 nitrogen and oxygen atoms in total. The Morgan fingerprint density at radius 3 is 2.73 bits per heavy atom. The van der Waals surface area contributed by atoms with Crippen molar-refractivity contribution in [2.24, 2.45) is 5.92 Å². The standard InChI is InChI=1S/C11H21NO2S/c1-15-8-4-2-3-7-12-10(11(13)14)9-5-6-9/h9-10,12H,2-8H2,1H3,(H,13,14). The fourth-order valence-electron chi connectivity index (χ4n) is 1.69. The van der Waals surface area contributed by atoms with Crippen LogP contribution in [0.5, 0.6) is 0 Å². The van der Waals surface area contributed by atoms with E-state index in [0.29, 0.717) is 5.92 Å². The van der Waals surface area contributed by atoms with Crippen LogP contribution in [0.15, 0.2) is 0 Å². The smallest absolute Gasteiger partial charge is 0.320 e. The van der Waals surface area contributed by atoms with E-state index in [4.69, 9.17) is 5.11 Å². The van der Waals surface area contributed by atoms with Crippen molar-refractivity contribution in [2.75, 3.05) is 18.6 Å². The molecule has 1 unspecified atom stereocenters. The minimum atomic E-state index is -0.679. The predicted octanol–water partition coefficient (Wildman–Crippen LogP) is 1.97. The molecule has 0 aromatic rings. The maximum Gasteiger partial charge on any atom is 0.320 e. The van der Waals surface area contributed by atoms with Gasteiger partial charge in [0, 0.05) is 0 Å². The highest BCUT2D eigenvalue weighted by Gasteiger charge is 2.35. The number of thioether (sulfide) groups is 1. The van der Waals surface area contributed by atoms with Gasteiger partial charge in [0.2, 0.25) is 0 Å². The molecule has 15 heavy (non-hydrogen) atoms. The van der Waals surface area contributed by atoms with E-state index in [9.17, 15) is 4.79 Å². The third-order valence-corrected chi connectivity index (χ3v) is 3.45. The Morgan fingerprint density at radius 1 is 1.47 bits per heavy atom. The van der Waals surface area contributed by atoms with Gasteiger partial charge in [0.1, 0.15) is 6.04 Å². The largest absolute Gasteiger partial charge is 0.480 e. The van der Waals surface area contributed by atoms with Crippen molar-refractivity contribution in [1.29, 1.82) is 0 Å². The highest BCUT2D eigenvalue weighted by molar-refractivity contribution is 7.98. The van der Waals surface area contributed by atoms with Gasteiger partial charge in [0.25, 0.3) is 0 Å². The van der Waals surface area contributed by atoms with Crippen molar-refractivity contribution in [2.45, 2.75) is 38.1 Å². The molecular weight excluding hydrogens is 210 g/mol. The number of hydrogen-bond donors (Lipinski definition) is 2. The number of nitrogens with one attached hydrogen (secondary N) is 1. The molecule has 0 saturated heterocycles. The molecule has 1 aliphatic rings. The van der Waals surface area contributed by atoms with Crippen LogP contribution in [0.1, 0.15) is 32.1 Å². The molecule has 0 aromatic heterocycles. The van der Waals surface area contributed by atoms with Gasteiger partial charge < -0.3 is 10.4 Å². The Balaban J connectivity index is 1.99. The summed E-state index contributed by atoms with van der Waals surface area (Å²) in [7, 11) is 0. The Hall–Kier alpha value is -0.220. The van der Waals surface area contributed by atoms with Crippen LogP contribution in [-0.4, -0.2) is 35.7 Å². The van der Waals surface area contributed by atoms with Gasteiger partial charge >= 0.3 is 5.97 Å². The molecule has 0 spiro atoms. The van der Waals surface area contributed by atoms with E-state index < -0.39 is 5.97 Å². The first-order valence-corrected chi connectivity index (χ1v) is 7.10. The fraction of sp³-hybridized carbons (Fsp3) is 0.909. The van der Waals surface area contributed by atoms with Gasteiger partial charge in [0.05, 0.1) is 0 Å². The molecule has 0 aromatic carbocycles. The SMILES string of the molecule is CSCCCCCNC(C(=O)O)C1CC1. The number of hydrogen-bond acceptors (Lipinski definition) is 3. The van der Waals surface area contributed by atoms with Gasteiger partial charge in [-0.25, -0.2) is 0 Å². The number of unbranched alkanes of at least 4 members (excludes halogenated alkanes) is 2. The Kier molecular flexibility index (Phi) is 6.10. The summed E-state index contributed by atoms with van der Waals surface area (Å²) in [5.74, 6) is 0.931. The zero-order valence-corrected chi connectivity index (χ0v) is 10.2. The molecule has 0 amide bonds. The fourth-order valence-corrected chi connectivity index (χ4v) is 2.18. The Labute approximate surface area is 96.0 Å². The molecule has 1 rings (SSSR count). The molecule has 4 heteroatoms. The van der Waals surface area contributed by atoms with Gasteiger partial charge in [0.15, 0.2) is 0 Å². The lowest BCUT2D eigenvalue weighted by molar-refractivity contribution is -0.140. The summed E-state index contributed by atoms with van der Waals surface area (Å²) in [5.41, 5.74) is 0. The molecule has 1 saturated carbocycles.